The fraction of sp³-hybridized carbons (Fsp3) is 0.412. The van der Waals surface area contributed by atoms with E-state index in [0.717, 1.165) is 23.5 Å². The molecule has 1 aromatic heterocycles. The second-order valence-electron chi connectivity index (χ2n) is 5.36. The monoisotopic (exact) mass is 293 g/mol. The Hall–Kier alpha value is -1.68. The molecule has 0 fully saturated rings. The lowest BCUT2D eigenvalue weighted by Gasteiger charge is -2.20. The molecular formula is C17H21F2NO. The van der Waals surface area contributed by atoms with Crippen LogP contribution in [0.1, 0.15) is 47.6 Å². The molecule has 1 atom stereocenters. The fourth-order valence-corrected chi connectivity index (χ4v) is 2.50. The van der Waals surface area contributed by atoms with Crippen molar-refractivity contribution in [2.75, 3.05) is 6.54 Å². The van der Waals surface area contributed by atoms with Crippen LogP contribution < -0.4 is 5.32 Å². The SMILES string of the molecule is CCCNC(c1cc(C)oc1C)c1ccc(C)c(F)c1F. The van der Waals surface area contributed by atoms with Crippen LogP contribution in [-0.4, -0.2) is 6.54 Å². The summed E-state index contributed by atoms with van der Waals surface area (Å²) in [4.78, 5) is 0. The van der Waals surface area contributed by atoms with Crippen LogP contribution in [0.2, 0.25) is 0 Å². The first-order valence-corrected chi connectivity index (χ1v) is 7.20. The van der Waals surface area contributed by atoms with E-state index in [1.807, 2.05) is 26.8 Å². The zero-order chi connectivity index (χ0) is 15.6. The molecule has 4 heteroatoms. The smallest absolute Gasteiger partial charge is 0.164 e. The number of halogens is 2. The maximum Gasteiger partial charge on any atom is 0.164 e. The van der Waals surface area contributed by atoms with Crippen molar-refractivity contribution in [3.05, 3.63) is 58.0 Å². The van der Waals surface area contributed by atoms with Crippen molar-refractivity contribution in [1.29, 1.82) is 0 Å². The standard InChI is InChI=1S/C17H21F2NO/c1-5-8-20-17(14-9-11(3)21-12(14)4)13-7-6-10(2)15(18)16(13)19/h6-7,9,17,20H,5,8H2,1-4H3. The zero-order valence-electron chi connectivity index (χ0n) is 12.9. The summed E-state index contributed by atoms with van der Waals surface area (Å²) in [6.45, 7) is 7.99. The van der Waals surface area contributed by atoms with Gasteiger partial charge in [0.25, 0.3) is 0 Å². The maximum absolute atomic E-state index is 14.3. The predicted octanol–water partition coefficient (Wildman–Crippen LogP) is 4.57. The number of benzene rings is 1. The Morgan fingerprint density at radius 1 is 1.10 bits per heavy atom. The Morgan fingerprint density at radius 3 is 2.38 bits per heavy atom. The van der Waals surface area contributed by atoms with E-state index in [9.17, 15) is 8.78 Å². The van der Waals surface area contributed by atoms with Gasteiger partial charge in [-0.3, -0.25) is 0 Å². The molecule has 0 spiro atoms. The molecule has 0 amide bonds. The number of hydrogen-bond donors (Lipinski definition) is 1. The van der Waals surface area contributed by atoms with Gasteiger partial charge in [0, 0.05) is 11.1 Å². The summed E-state index contributed by atoms with van der Waals surface area (Å²) in [5.74, 6) is -0.0872. The van der Waals surface area contributed by atoms with Gasteiger partial charge in [-0.1, -0.05) is 19.1 Å². The van der Waals surface area contributed by atoms with Crippen LogP contribution >= 0.6 is 0 Å². The van der Waals surface area contributed by atoms with Gasteiger partial charge in [-0.05, 0) is 45.4 Å². The highest BCUT2D eigenvalue weighted by Crippen LogP contribution is 2.30. The van der Waals surface area contributed by atoms with Gasteiger partial charge in [0.05, 0.1) is 6.04 Å². The van der Waals surface area contributed by atoms with Crippen LogP contribution in [0.25, 0.3) is 0 Å². The quantitative estimate of drug-likeness (QED) is 0.873. The molecular weight excluding hydrogens is 272 g/mol. The van der Waals surface area contributed by atoms with Gasteiger partial charge < -0.3 is 9.73 Å². The molecule has 114 valence electrons. The Labute approximate surface area is 124 Å². The fourth-order valence-electron chi connectivity index (χ4n) is 2.50. The molecule has 1 N–H and O–H groups in total. The van der Waals surface area contributed by atoms with E-state index in [2.05, 4.69) is 5.32 Å². The van der Waals surface area contributed by atoms with Crippen LogP contribution in [0, 0.1) is 32.4 Å². The topological polar surface area (TPSA) is 25.2 Å². The summed E-state index contributed by atoms with van der Waals surface area (Å²) in [6, 6.07) is 4.72. The summed E-state index contributed by atoms with van der Waals surface area (Å²) in [5.41, 5.74) is 1.48. The van der Waals surface area contributed by atoms with E-state index in [1.54, 1.807) is 19.1 Å². The molecule has 0 saturated heterocycles. The highest BCUT2D eigenvalue weighted by atomic mass is 19.2. The first-order chi connectivity index (χ1) is 9.95. The third kappa shape index (κ3) is 3.16. The van der Waals surface area contributed by atoms with Crippen LogP contribution in [0.4, 0.5) is 8.78 Å². The minimum Gasteiger partial charge on any atom is -0.466 e. The van der Waals surface area contributed by atoms with Crippen molar-refractivity contribution < 1.29 is 13.2 Å². The van der Waals surface area contributed by atoms with E-state index in [1.165, 1.54) is 0 Å². The molecule has 0 aliphatic rings. The molecule has 2 aromatic rings. The number of hydrogen-bond acceptors (Lipinski definition) is 2. The van der Waals surface area contributed by atoms with Gasteiger partial charge in [-0.25, -0.2) is 8.78 Å². The van der Waals surface area contributed by atoms with Crippen molar-refractivity contribution in [3.8, 4) is 0 Å². The molecule has 0 radical (unpaired) electrons. The minimum absolute atomic E-state index is 0.311. The number of furan rings is 1. The molecule has 2 rings (SSSR count). The molecule has 1 aromatic carbocycles. The Morgan fingerprint density at radius 2 is 1.81 bits per heavy atom. The van der Waals surface area contributed by atoms with Crippen molar-refractivity contribution >= 4 is 0 Å². The van der Waals surface area contributed by atoms with Crippen LogP contribution in [-0.2, 0) is 0 Å². The average molecular weight is 293 g/mol. The van der Waals surface area contributed by atoms with Gasteiger partial charge in [-0.2, -0.15) is 0 Å². The van der Waals surface area contributed by atoms with Crippen molar-refractivity contribution in [2.24, 2.45) is 0 Å². The Balaban J connectivity index is 2.50. The van der Waals surface area contributed by atoms with Crippen molar-refractivity contribution in [3.63, 3.8) is 0 Å². The number of aryl methyl sites for hydroxylation is 3. The van der Waals surface area contributed by atoms with Gasteiger partial charge >= 0.3 is 0 Å². The molecule has 21 heavy (non-hydrogen) atoms. The lowest BCUT2D eigenvalue weighted by Crippen LogP contribution is -2.24. The van der Waals surface area contributed by atoms with Crippen LogP contribution in [0.5, 0.6) is 0 Å². The molecule has 0 aliphatic heterocycles. The maximum atomic E-state index is 14.3. The third-order valence-electron chi connectivity index (χ3n) is 3.61. The predicted molar refractivity (Wildman–Crippen MR) is 79.4 cm³/mol. The first-order valence-electron chi connectivity index (χ1n) is 7.20. The average Bonchev–Trinajstić information content (AvgIpc) is 2.77. The first kappa shape index (κ1) is 15.7. The normalized spacial score (nSPS) is 12.7. The van der Waals surface area contributed by atoms with Gasteiger partial charge in [0.15, 0.2) is 11.6 Å². The lowest BCUT2D eigenvalue weighted by molar-refractivity contribution is 0.468. The van der Waals surface area contributed by atoms with Crippen LogP contribution in [0.3, 0.4) is 0 Å². The molecule has 0 bridgehead atoms. The number of rotatable bonds is 5. The van der Waals surface area contributed by atoms with E-state index in [0.29, 0.717) is 17.7 Å². The van der Waals surface area contributed by atoms with Gasteiger partial charge in [0.2, 0.25) is 0 Å². The van der Waals surface area contributed by atoms with Crippen LogP contribution in [0.15, 0.2) is 22.6 Å². The molecule has 0 aliphatic carbocycles. The molecule has 1 heterocycles. The Kier molecular flexibility index (Phi) is 4.78. The van der Waals surface area contributed by atoms with E-state index >= 15 is 0 Å². The second-order valence-corrected chi connectivity index (χ2v) is 5.36. The van der Waals surface area contributed by atoms with Crippen molar-refractivity contribution in [1.82, 2.24) is 5.32 Å². The van der Waals surface area contributed by atoms with Crippen molar-refractivity contribution in [2.45, 2.75) is 40.2 Å². The van der Waals surface area contributed by atoms with E-state index in [4.69, 9.17) is 4.42 Å². The molecule has 1 unspecified atom stereocenters. The highest BCUT2D eigenvalue weighted by Gasteiger charge is 2.24. The molecule has 2 nitrogen and oxygen atoms in total. The van der Waals surface area contributed by atoms with E-state index < -0.39 is 17.7 Å². The summed E-state index contributed by atoms with van der Waals surface area (Å²) < 4.78 is 33.7. The summed E-state index contributed by atoms with van der Waals surface area (Å²) >= 11 is 0. The molecule has 0 saturated carbocycles. The lowest BCUT2D eigenvalue weighted by atomic mass is 9.97. The zero-order valence-corrected chi connectivity index (χ0v) is 12.9. The third-order valence-corrected chi connectivity index (χ3v) is 3.61. The number of nitrogens with one attached hydrogen (secondary N) is 1. The largest absolute Gasteiger partial charge is 0.466 e. The van der Waals surface area contributed by atoms with E-state index in [-0.39, 0.29) is 0 Å². The summed E-state index contributed by atoms with van der Waals surface area (Å²) in [6.07, 6.45) is 0.905. The Bertz CT molecular complexity index is 634. The summed E-state index contributed by atoms with van der Waals surface area (Å²) in [7, 11) is 0. The van der Waals surface area contributed by atoms with Gasteiger partial charge in [0.1, 0.15) is 11.5 Å². The van der Waals surface area contributed by atoms with Gasteiger partial charge in [-0.15, -0.1) is 0 Å². The minimum atomic E-state index is -0.790. The second kappa shape index (κ2) is 6.39. The summed E-state index contributed by atoms with van der Waals surface area (Å²) in [5, 5.41) is 3.28. The highest BCUT2D eigenvalue weighted by molar-refractivity contribution is 5.37.